The Bertz CT molecular complexity index is 641. The molecule has 0 spiro atoms. The van der Waals surface area contributed by atoms with Gasteiger partial charge in [-0.3, -0.25) is 25.6 Å². The molecule has 0 saturated heterocycles. The molecule has 2 aromatic rings. The quantitative estimate of drug-likeness (QED) is 0.453. The number of esters is 1. The van der Waals surface area contributed by atoms with E-state index >= 15 is 0 Å². The lowest BCUT2D eigenvalue weighted by Crippen LogP contribution is -2.14. The number of hydrogen-bond donors (Lipinski definition) is 3. The Labute approximate surface area is 118 Å². The summed E-state index contributed by atoms with van der Waals surface area (Å²) in [6.07, 6.45) is 1.37. The fourth-order valence-electron chi connectivity index (χ4n) is 1.45. The number of carbonyl (C=O) groups excluding carboxylic acids is 2. The third-order valence-electron chi connectivity index (χ3n) is 2.22. The first-order chi connectivity index (χ1) is 9.60. The van der Waals surface area contributed by atoms with E-state index in [9.17, 15) is 9.59 Å². The number of aromatic nitrogens is 1. The number of nitrogens with one attached hydrogen (secondary N) is 2. The second kappa shape index (κ2) is 6.13. The van der Waals surface area contributed by atoms with Crippen molar-refractivity contribution in [1.82, 2.24) is 4.98 Å². The SMILES string of the molecule is CC(=O)Oc1ccccc1C(=O)Nc1ncc(NO)s1. The van der Waals surface area contributed by atoms with E-state index < -0.39 is 11.9 Å². The summed E-state index contributed by atoms with van der Waals surface area (Å²) in [4.78, 5) is 27.0. The van der Waals surface area contributed by atoms with Crippen LogP contribution in [0, 0.1) is 0 Å². The fraction of sp³-hybridized carbons (Fsp3) is 0.0833. The molecule has 8 heteroatoms. The molecule has 0 aliphatic carbocycles. The molecule has 1 amide bonds. The summed E-state index contributed by atoms with van der Waals surface area (Å²) in [6, 6.07) is 6.38. The third-order valence-corrected chi connectivity index (χ3v) is 3.04. The standard InChI is InChI=1S/C12H11N3O4S/c1-7(16)19-9-5-3-2-4-8(9)11(17)14-12-13-6-10(15-18)20-12/h2-6,15,18H,1H3,(H,13,14,17). The molecule has 0 aliphatic heterocycles. The van der Waals surface area contributed by atoms with Crippen LogP contribution in [0.4, 0.5) is 10.1 Å². The molecule has 1 heterocycles. The Morgan fingerprint density at radius 1 is 1.35 bits per heavy atom. The van der Waals surface area contributed by atoms with Gasteiger partial charge in [0, 0.05) is 6.92 Å². The van der Waals surface area contributed by atoms with Gasteiger partial charge in [0.1, 0.15) is 10.8 Å². The normalized spacial score (nSPS) is 9.90. The second-order valence-corrected chi connectivity index (χ2v) is 4.72. The van der Waals surface area contributed by atoms with Gasteiger partial charge in [-0.05, 0) is 12.1 Å². The zero-order chi connectivity index (χ0) is 14.5. The molecule has 1 aromatic carbocycles. The Hall–Kier alpha value is -2.45. The molecular weight excluding hydrogens is 282 g/mol. The molecular formula is C12H11N3O4S. The number of rotatable bonds is 4. The van der Waals surface area contributed by atoms with E-state index in [0.29, 0.717) is 10.1 Å². The number of carbonyl (C=O) groups is 2. The lowest BCUT2D eigenvalue weighted by molar-refractivity contribution is -0.131. The number of nitrogens with zero attached hydrogens (tertiary/aromatic N) is 1. The van der Waals surface area contributed by atoms with Crippen molar-refractivity contribution in [2.24, 2.45) is 0 Å². The van der Waals surface area contributed by atoms with Gasteiger partial charge in [0.2, 0.25) is 0 Å². The van der Waals surface area contributed by atoms with Gasteiger partial charge in [-0.2, -0.15) is 0 Å². The van der Waals surface area contributed by atoms with Crippen LogP contribution in [0.5, 0.6) is 5.75 Å². The topological polar surface area (TPSA) is 101 Å². The van der Waals surface area contributed by atoms with Crippen molar-refractivity contribution in [3.63, 3.8) is 0 Å². The van der Waals surface area contributed by atoms with E-state index in [4.69, 9.17) is 9.94 Å². The van der Waals surface area contributed by atoms with E-state index in [-0.39, 0.29) is 11.3 Å². The van der Waals surface area contributed by atoms with Crippen molar-refractivity contribution in [2.75, 3.05) is 10.8 Å². The van der Waals surface area contributed by atoms with Crippen molar-refractivity contribution >= 4 is 33.3 Å². The smallest absolute Gasteiger partial charge is 0.308 e. The summed E-state index contributed by atoms with van der Waals surface area (Å²) in [5.74, 6) is -0.790. The van der Waals surface area contributed by atoms with Crippen LogP contribution in [-0.2, 0) is 4.79 Å². The Morgan fingerprint density at radius 3 is 2.75 bits per heavy atom. The van der Waals surface area contributed by atoms with E-state index in [1.54, 1.807) is 12.1 Å². The van der Waals surface area contributed by atoms with Crippen LogP contribution in [0.3, 0.4) is 0 Å². The summed E-state index contributed by atoms with van der Waals surface area (Å²) >= 11 is 1.06. The summed E-state index contributed by atoms with van der Waals surface area (Å²) in [5, 5.41) is 12.0. The molecule has 0 aliphatic rings. The van der Waals surface area contributed by atoms with Crippen molar-refractivity contribution < 1.29 is 19.5 Å². The minimum Gasteiger partial charge on any atom is -0.426 e. The Morgan fingerprint density at radius 2 is 2.10 bits per heavy atom. The van der Waals surface area contributed by atoms with Gasteiger partial charge in [-0.25, -0.2) is 4.98 Å². The Kier molecular flexibility index (Phi) is 4.28. The number of amides is 1. The van der Waals surface area contributed by atoms with E-state index in [2.05, 4.69) is 10.3 Å². The number of anilines is 2. The number of ether oxygens (including phenoxy) is 1. The minimum atomic E-state index is -0.508. The molecule has 7 nitrogen and oxygen atoms in total. The van der Waals surface area contributed by atoms with Crippen LogP contribution in [0.25, 0.3) is 0 Å². The van der Waals surface area contributed by atoms with E-state index in [1.807, 2.05) is 5.48 Å². The second-order valence-electron chi connectivity index (χ2n) is 3.69. The predicted octanol–water partition coefficient (Wildman–Crippen LogP) is 2.12. The van der Waals surface area contributed by atoms with Crippen LogP contribution in [-0.4, -0.2) is 22.1 Å². The zero-order valence-corrected chi connectivity index (χ0v) is 11.2. The molecule has 0 radical (unpaired) electrons. The number of para-hydroxylation sites is 1. The maximum Gasteiger partial charge on any atom is 0.308 e. The molecule has 0 fully saturated rings. The third kappa shape index (κ3) is 3.31. The first-order valence-corrected chi connectivity index (χ1v) is 6.36. The molecule has 0 bridgehead atoms. The monoisotopic (exact) mass is 293 g/mol. The number of hydrogen-bond acceptors (Lipinski definition) is 7. The number of thiazole rings is 1. The van der Waals surface area contributed by atoms with Gasteiger partial charge in [-0.1, -0.05) is 23.5 Å². The molecule has 0 saturated carbocycles. The first kappa shape index (κ1) is 14.0. The Balaban J connectivity index is 2.18. The number of benzene rings is 1. The first-order valence-electron chi connectivity index (χ1n) is 5.55. The minimum absolute atomic E-state index is 0.176. The van der Waals surface area contributed by atoms with Crippen molar-refractivity contribution in [1.29, 1.82) is 0 Å². The van der Waals surface area contributed by atoms with E-state index in [1.165, 1.54) is 25.3 Å². The molecule has 1 aromatic heterocycles. The van der Waals surface area contributed by atoms with Gasteiger partial charge in [0.25, 0.3) is 5.91 Å². The summed E-state index contributed by atoms with van der Waals surface area (Å²) in [7, 11) is 0. The molecule has 20 heavy (non-hydrogen) atoms. The van der Waals surface area contributed by atoms with Crippen molar-refractivity contribution in [2.45, 2.75) is 6.92 Å². The molecule has 0 unspecified atom stereocenters. The van der Waals surface area contributed by atoms with Gasteiger partial charge in [0.15, 0.2) is 5.13 Å². The highest BCUT2D eigenvalue weighted by Crippen LogP contribution is 2.24. The summed E-state index contributed by atoms with van der Waals surface area (Å²) in [5.41, 5.74) is 2.15. The largest absolute Gasteiger partial charge is 0.426 e. The lowest BCUT2D eigenvalue weighted by atomic mass is 10.2. The molecule has 0 atom stereocenters. The highest BCUT2D eigenvalue weighted by Gasteiger charge is 2.15. The molecule has 2 rings (SSSR count). The maximum absolute atomic E-state index is 12.1. The summed E-state index contributed by atoms with van der Waals surface area (Å²) in [6.45, 7) is 1.26. The van der Waals surface area contributed by atoms with E-state index in [0.717, 1.165) is 11.3 Å². The van der Waals surface area contributed by atoms with Crippen molar-refractivity contribution in [3.05, 3.63) is 36.0 Å². The van der Waals surface area contributed by atoms with Crippen molar-refractivity contribution in [3.8, 4) is 5.75 Å². The molecule has 3 N–H and O–H groups in total. The zero-order valence-electron chi connectivity index (χ0n) is 10.4. The van der Waals surface area contributed by atoms with Crippen LogP contribution in [0.1, 0.15) is 17.3 Å². The van der Waals surface area contributed by atoms with Crippen LogP contribution >= 0.6 is 11.3 Å². The van der Waals surface area contributed by atoms with Gasteiger partial charge < -0.3 is 4.74 Å². The van der Waals surface area contributed by atoms with Crippen LogP contribution in [0.2, 0.25) is 0 Å². The average Bonchev–Trinajstić information content (AvgIpc) is 2.86. The highest BCUT2D eigenvalue weighted by atomic mass is 32.1. The molecule has 104 valence electrons. The van der Waals surface area contributed by atoms with Gasteiger partial charge in [-0.15, -0.1) is 0 Å². The highest BCUT2D eigenvalue weighted by molar-refractivity contribution is 7.19. The maximum atomic E-state index is 12.1. The predicted molar refractivity (Wildman–Crippen MR) is 73.2 cm³/mol. The van der Waals surface area contributed by atoms with Gasteiger partial charge in [0.05, 0.1) is 11.8 Å². The van der Waals surface area contributed by atoms with Crippen LogP contribution in [0.15, 0.2) is 30.5 Å². The lowest BCUT2D eigenvalue weighted by Gasteiger charge is -2.07. The summed E-state index contributed by atoms with van der Waals surface area (Å²) < 4.78 is 4.96. The average molecular weight is 293 g/mol. The fourth-order valence-corrected chi connectivity index (χ4v) is 2.05. The van der Waals surface area contributed by atoms with Crippen LogP contribution < -0.4 is 15.5 Å². The van der Waals surface area contributed by atoms with Gasteiger partial charge >= 0.3 is 5.97 Å².